The molecule has 0 amide bonds. The zero-order chi connectivity index (χ0) is 18.8. The molecule has 2 aromatic rings. The monoisotopic (exact) mass is 342 g/mol. The highest BCUT2D eigenvalue weighted by atomic mass is 16.5. The van der Waals surface area contributed by atoms with Gasteiger partial charge in [-0.25, -0.2) is 0 Å². The number of hydrogen-bond acceptors (Lipinski definition) is 4. The topological polar surface area (TPSA) is 87.0 Å². The van der Waals surface area contributed by atoms with Crippen LogP contribution in [0.15, 0.2) is 0 Å². The predicted octanol–water partition coefficient (Wildman–Crippen LogP) is 4.27. The number of benzene rings is 2. The van der Waals surface area contributed by atoms with Gasteiger partial charge in [0.1, 0.15) is 28.9 Å². The van der Waals surface area contributed by atoms with Crippen LogP contribution in [0.3, 0.4) is 0 Å². The van der Waals surface area contributed by atoms with Crippen LogP contribution in [-0.4, -0.2) is 21.3 Å². The summed E-state index contributed by atoms with van der Waals surface area (Å²) in [5, 5.41) is 30.8. The number of phenols is 2. The molecule has 5 nitrogen and oxygen atoms in total. The summed E-state index contributed by atoms with van der Waals surface area (Å²) in [7, 11) is 0. The maximum atomic E-state index is 12.2. The Morgan fingerprint density at radius 2 is 1.08 bits per heavy atom. The average molecular weight is 342 g/mol. The zero-order valence-corrected chi connectivity index (χ0v) is 15.2. The Kier molecular flexibility index (Phi) is 3.71. The van der Waals surface area contributed by atoms with Gasteiger partial charge in [0.15, 0.2) is 0 Å². The number of ether oxygens (including phenoxy) is 1. The third-order valence-corrected chi connectivity index (χ3v) is 5.55. The molecule has 0 radical (unpaired) electrons. The molecule has 0 unspecified atom stereocenters. The van der Waals surface area contributed by atoms with E-state index in [4.69, 9.17) is 4.74 Å². The third-order valence-electron chi connectivity index (χ3n) is 5.55. The number of aromatic hydroxyl groups is 2. The first-order chi connectivity index (χ1) is 11.6. The fraction of sp³-hybridized carbons (Fsp3) is 0.350. The summed E-state index contributed by atoms with van der Waals surface area (Å²) >= 11 is 0. The van der Waals surface area contributed by atoms with Crippen molar-refractivity contribution < 1.29 is 24.9 Å². The lowest BCUT2D eigenvalue weighted by atomic mass is 9.79. The van der Waals surface area contributed by atoms with Crippen molar-refractivity contribution in [3.8, 4) is 23.0 Å². The molecular weight excluding hydrogens is 320 g/mol. The Morgan fingerprint density at radius 3 is 1.40 bits per heavy atom. The van der Waals surface area contributed by atoms with Crippen LogP contribution in [0.4, 0.5) is 0 Å². The Labute approximate surface area is 146 Å². The van der Waals surface area contributed by atoms with Gasteiger partial charge < -0.3 is 20.1 Å². The number of hydrogen-bond donors (Lipinski definition) is 3. The summed E-state index contributed by atoms with van der Waals surface area (Å²) in [6.07, 6.45) is 0. The van der Waals surface area contributed by atoms with Gasteiger partial charge in [-0.15, -0.1) is 0 Å². The summed E-state index contributed by atoms with van der Waals surface area (Å²) in [6.45, 7) is 10.6. The van der Waals surface area contributed by atoms with Crippen LogP contribution in [0.25, 0.3) is 0 Å². The van der Waals surface area contributed by atoms with Gasteiger partial charge in [0, 0.05) is 11.1 Å². The van der Waals surface area contributed by atoms with Crippen LogP contribution in [0.2, 0.25) is 0 Å². The number of rotatable bonds is 1. The van der Waals surface area contributed by atoms with Crippen molar-refractivity contribution in [2.75, 3.05) is 0 Å². The van der Waals surface area contributed by atoms with E-state index in [9.17, 15) is 20.1 Å². The Morgan fingerprint density at radius 1 is 0.720 bits per heavy atom. The van der Waals surface area contributed by atoms with Crippen LogP contribution in [0.1, 0.15) is 50.4 Å². The van der Waals surface area contributed by atoms with E-state index < -0.39 is 11.9 Å². The molecule has 0 fully saturated rings. The summed E-state index contributed by atoms with van der Waals surface area (Å²) in [5.41, 5.74) is 4.68. The highest BCUT2D eigenvalue weighted by Crippen LogP contribution is 2.54. The number of fused-ring (bicyclic) bond motifs is 2. The highest BCUT2D eigenvalue weighted by molar-refractivity contribution is 5.87. The van der Waals surface area contributed by atoms with E-state index in [1.807, 2.05) is 13.8 Å². The number of carboxylic acids is 1. The minimum absolute atomic E-state index is 0.0836. The van der Waals surface area contributed by atoms with E-state index in [1.165, 1.54) is 0 Å². The fourth-order valence-electron chi connectivity index (χ4n) is 3.71. The molecule has 0 spiro atoms. The molecule has 0 bridgehead atoms. The molecule has 25 heavy (non-hydrogen) atoms. The van der Waals surface area contributed by atoms with Gasteiger partial charge in [-0.3, -0.25) is 4.79 Å². The van der Waals surface area contributed by atoms with Gasteiger partial charge in [0.2, 0.25) is 0 Å². The van der Waals surface area contributed by atoms with E-state index in [1.54, 1.807) is 27.7 Å². The van der Waals surface area contributed by atoms with Crippen molar-refractivity contribution in [1.29, 1.82) is 0 Å². The zero-order valence-electron chi connectivity index (χ0n) is 15.2. The number of carboxylic acid groups (broad SMARTS) is 1. The Bertz CT molecular complexity index is 871. The smallest absolute Gasteiger partial charge is 0.315 e. The minimum atomic E-state index is -1.04. The average Bonchev–Trinajstić information content (AvgIpc) is 2.59. The quantitative estimate of drug-likeness (QED) is 0.720. The SMILES string of the molecule is Cc1c(C)c2c(c(C)c1O)C(C(=O)O)c1c(C)c(O)c(C)c(C)c1O2. The summed E-state index contributed by atoms with van der Waals surface area (Å²) < 4.78 is 6.17. The Hall–Kier alpha value is -2.69. The minimum Gasteiger partial charge on any atom is -0.507 e. The first-order valence-electron chi connectivity index (χ1n) is 8.15. The lowest BCUT2D eigenvalue weighted by molar-refractivity contribution is -0.137. The van der Waals surface area contributed by atoms with Crippen LogP contribution in [0, 0.1) is 41.5 Å². The first-order valence-corrected chi connectivity index (χ1v) is 8.15. The van der Waals surface area contributed by atoms with Crippen molar-refractivity contribution in [2.45, 2.75) is 47.5 Å². The second kappa shape index (κ2) is 5.41. The van der Waals surface area contributed by atoms with Gasteiger partial charge in [0.05, 0.1) is 0 Å². The van der Waals surface area contributed by atoms with Crippen molar-refractivity contribution in [2.24, 2.45) is 0 Å². The van der Waals surface area contributed by atoms with Gasteiger partial charge >= 0.3 is 5.97 Å². The van der Waals surface area contributed by atoms with Gasteiger partial charge in [0.25, 0.3) is 0 Å². The van der Waals surface area contributed by atoms with Crippen LogP contribution >= 0.6 is 0 Å². The van der Waals surface area contributed by atoms with Crippen molar-refractivity contribution in [3.63, 3.8) is 0 Å². The molecule has 1 aliphatic heterocycles. The molecule has 3 N–H and O–H groups in total. The predicted molar refractivity (Wildman–Crippen MR) is 94.2 cm³/mol. The van der Waals surface area contributed by atoms with Gasteiger partial charge in [-0.2, -0.15) is 0 Å². The van der Waals surface area contributed by atoms with Gasteiger partial charge in [-0.1, -0.05) is 0 Å². The normalized spacial score (nSPS) is 13.2. The molecule has 0 saturated carbocycles. The van der Waals surface area contributed by atoms with Crippen molar-refractivity contribution in [3.05, 3.63) is 44.5 Å². The Balaban J connectivity index is 2.49. The third kappa shape index (κ3) is 2.11. The molecule has 0 atom stereocenters. The highest BCUT2D eigenvalue weighted by Gasteiger charge is 2.39. The fourth-order valence-corrected chi connectivity index (χ4v) is 3.71. The van der Waals surface area contributed by atoms with E-state index >= 15 is 0 Å². The molecule has 0 aromatic heterocycles. The van der Waals surface area contributed by atoms with E-state index in [0.717, 1.165) is 11.1 Å². The van der Waals surface area contributed by atoms with E-state index in [2.05, 4.69) is 0 Å². The second-order valence-corrected chi connectivity index (χ2v) is 6.81. The van der Waals surface area contributed by atoms with Crippen LogP contribution in [0.5, 0.6) is 23.0 Å². The van der Waals surface area contributed by atoms with Crippen LogP contribution in [-0.2, 0) is 4.79 Å². The summed E-state index contributed by atoms with van der Waals surface area (Å²) in [5.74, 6) is -0.905. The molecule has 3 rings (SSSR count). The number of carbonyl (C=O) groups is 1. The van der Waals surface area contributed by atoms with E-state index in [-0.39, 0.29) is 11.5 Å². The lowest BCUT2D eigenvalue weighted by Gasteiger charge is -2.32. The molecule has 1 aliphatic rings. The van der Waals surface area contributed by atoms with Crippen molar-refractivity contribution >= 4 is 5.97 Å². The molecule has 0 aliphatic carbocycles. The van der Waals surface area contributed by atoms with E-state index in [0.29, 0.717) is 44.9 Å². The molecule has 132 valence electrons. The first kappa shape index (κ1) is 17.1. The molecule has 5 heteroatoms. The number of aliphatic carboxylic acids is 1. The molecule has 1 heterocycles. The van der Waals surface area contributed by atoms with Crippen LogP contribution < -0.4 is 4.74 Å². The maximum Gasteiger partial charge on any atom is 0.315 e. The van der Waals surface area contributed by atoms with Gasteiger partial charge in [-0.05, 0) is 74.9 Å². The lowest BCUT2D eigenvalue weighted by Crippen LogP contribution is -2.22. The second-order valence-electron chi connectivity index (χ2n) is 6.81. The standard InChI is InChI=1S/C20H22O5/c1-7-9(3)18-13(11(5)16(7)21)15(20(23)24)14-12(6)17(22)8(2)10(4)19(14)25-18/h15,21-22H,1-6H3,(H,23,24). The largest absolute Gasteiger partial charge is 0.507 e. The van der Waals surface area contributed by atoms with Crippen molar-refractivity contribution in [1.82, 2.24) is 0 Å². The molecular formula is C20H22O5. The molecule has 0 saturated heterocycles. The molecule has 2 aromatic carbocycles. The summed E-state index contributed by atoms with van der Waals surface area (Å²) in [6, 6.07) is 0. The maximum absolute atomic E-state index is 12.2. The summed E-state index contributed by atoms with van der Waals surface area (Å²) in [4.78, 5) is 12.2. The number of phenolic OH excluding ortho intramolecular Hbond substituents is 2.